The number of hydrogen-bond acceptors (Lipinski definition) is 5. The molecule has 158 valence electrons. The molecule has 3 aromatic rings. The summed E-state index contributed by atoms with van der Waals surface area (Å²) in [5.41, 5.74) is 2.45. The lowest BCUT2D eigenvalue weighted by Gasteiger charge is -2.12. The number of amides is 1. The number of anilines is 2. The van der Waals surface area contributed by atoms with Crippen LogP contribution in [0.3, 0.4) is 0 Å². The first kappa shape index (κ1) is 21.2. The third-order valence-corrected chi connectivity index (χ3v) is 4.57. The van der Waals surface area contributed by atoms with Crippen molar-refractivity contribution in [3.8, 4) is 11.3 Å². The van der Waals surface area contributed by atoms with Crippen molar-refractivity contribution in [3.63, 3.8) is 0 Å². The zero-order valence-electron chi connectivity index (χ0n) is 15.5. The van der Waals surface area contributed by atoms with E-state index in [0.29, 0.717) is 0 Å². The van der Waals surface area contributed by atoms with Gasteiger partial charge < -0.3 is 15.5 Å². The number of alkyl halides is 3. The fourth-order valence-electron chi connectivity index (χ4n) is 2.72. The van der Waals surface area contributed by atoms with Gasteiger partial charge in [0.25, 0.3) is 11.5 Å². The standard InChI is InChI=1S/C18H14ClF3N4O4/c1-25-14(23)13(16(28)26(2)17(25)29)24-15(27)12-6-5-11(30-12)9-7-8(19)3-4-10(9)18(20,21)22/h3-7H,23H2,1-2H3,(H,24,27). The maximum absolute atomic E-state index is 13.3. The molecule has 1 aromatic carbocycles. The first-order chi connectivity index (χ1) is 13.9. The lowest BCUT2D eigenvalue weighted by Crippen LogP contribution is -2.40. The molecule has 0 atom stereocenters. The average molecular weight is 443 g/mol. The number of nitrogens with one attached hydrogen (secondary N) is 1. The van der Waals surface area contributed by atoms with Crippen molar-refractivity contribution < 1.29 is 22.4 Å². The van der Waals surface area contributed by atoms with Crippen LogP contribution in [0.25, 0.3) is 11.3 Å². The van der Waals surface area contributed by atoms with Crippen LogP contribution in [-0.2, 0) is 20.3 Å². The van der Waals surface area contributed by atoms with E-state index in [-0.39, 0.29) is 33.6 Å². The van der Waals surface area contributed by atoms with E-state index < -0.39 is 28.9 Å². The summed E-state index contributed by atoms with van der Waals surface area (Å²) in [6.45, 7) is 0. The van der Waals surface area contributed by atoms with E-state index in [1.807, 2.05) is 0 Å². The largest absolute Gasteiger partial charge is 0.451 e. The van der Waals surface area contributed by atoms with Crippen LogP contribution in [0, 0.1) is 0 Å². The summed E-state index contributed by atoms with van der Waals surface area (Å²) in [6.07, 6.45) is -4.68. The Balaban J connectivity index is 2.00. The number of carbonyl (C=O) groups is 1. The topological polar surface area (TPSA) is 112 Å². The molecule has 2 heterocycles. The van der Waals surface area contributed by atoms with Gasteiger partial charge in [0.2, 0.25) is 0 Å². The molecule has 0 fully saturated rings. The zero-order chi connectivity index (χ0) is 22.4. The van der Waals surface area contributed by atoms with Gasteiger partial charge in [0.15, 0.2) is 5.76 Å². The van der Waals surface area contributed by atoms with E-state index in [9.17, 15) is 27.6 Å². The minimum atomic E-state index is -4.68. The fraction of sp³-hybridized carbons (Fsp3) is 0.167. The number of hydrogen-bond donors (Lipinski definition) is 2. The molecule has 0 spiro atoms. The quantitative estimate of drug-likeness (QED) is 0.647. The van der Waals surface area contributed by atoms with Gasteiger partial charge in [-0.1, -0.05) is 11.6 Å². The van der Waals surface area contributed by atoms with E-state index in [0.717, 1.165) is 39.5 Å². The number of nitrogens with two attached hydrogens (primary N) is 1. The van der Waals surface area contributed by atoms with Crippen molar-refractivity contribution >= 4 is 29.0 Å². The molecule has 3 rings (SSSR count). The van der Waals surface area contributed by atoms with Crippen LogP contribution < -0.4 is 22.3 Å². The summed E-state index contributed by atoms with van der Waals surface area (Å²) in [5.74, 6) is -1.87. The summed E-state index contributed by atoms with van der Waals surface area (Å²) in [7, 11) is 2.50. The highest BCUT2D eigenvalue weighted by Crippen LogP contribution is 2.39. The Morgan fingerprint density at radius 2 is 1.80 bits per heavy atom. The maximum atomic E-state index is 13.3. The van der Waals surface area contributed by atoms with E-state index in [1.165, 1.54) is 14.1 Å². The summed E-state index contributed by atoms with van der Waals surface area (Å²) in [4.78, 5) is 36.5. The zero-order valence-corrected chi connectivity index (χ0v) is 16.3. The molecule has 2 aromatic heterocycles. The van der Waals surface area contributed by atoms with Crippen LogP contribution in [0.15, 0.2) is 44.3 Å². The van der Waals surface area contributed by atoms with Gasteiger partial charge in [-0.25, -0.2) is 4.79 Å². The molecule has 0 saturated heterocycles. The molecule has 8 nitrogen and oxygen atoms in total. The molecule has 30 heavy (non-hydrogen) atoms. The third kappa shape index (κ3) is 3.71. The van der Waals surface area contributed by atoms with Crippen LogP contribution in [0.1, 0.15) is 16.1 Å². The highest BCUT2D eigenvalue weighted by molar-refractivity contribution is 6.30. The molecule has 1 amide bonds. The Morgan fingerprint density at radius 1 is 1.13 bits per heavy atom. The van der Waals surface area contributed by atoms with Crippen LogP contribution in [0.2, 0.25) is 5.02 Å². The van der Waals surface area contributed by atoms with Crippen molar-refractivity contribution in [1.82, 2.24) is 9.13 Å². The van der Waals surface area contributed by atoms with Gasteiger partial charge in [-0.2, -0.15) is 13.2 Å². The second-order valence-corrected chi connectivity index (χ2v) is 6.71. The molecule has 0 aliphatic heterocycles. The van der Waals surface area contributed by atoms with Crippen LogP contribution >= 0.6 is 11.6 Å². The predicted octanol–water partition coefficient (Wildman–Crippen LogP) is 2.85. The van der Waals surface area contributed by atoms with Crippen molar-refractivity contribution in [2.45, 2.75) is 6.18 Å². The second kappa shape index (κ2) is 7.41. The smallest absolute Gasteiger partial charge is 0.417 e. The number of carbonyl (C=O) groups excluding carboxylic acids is 1. The average Bonchev–Trinajstić information content (AvgIpc) is 3.17. The number of nitrogen functional groups attached to an aromatic ring is 1. The van der Waals surface area contributed by atoms with Gasteiger partial charge in [-0.15, -0.1) is 0 Å². The Morgan fingerprint density at radius 3 is 2.43 bits per heavy atom. The Kier molecular flexibility index (Phi) is 5.25. The van der Waals surface area contributed by atoms with E-state index in [1.54, 1.807) is 0 Å². The number of aromatic nitrogens is 2. The molecule has 0 saturated carbocycles. The molecule has 0 radical (unpaired) electrons. The monoisotopic (exact) mass is 442 g/mol. The Bertz CT molecular complexity index is 1270. The second-order valence-electron chi connectivity index (χ2n) is 6.27. The molecule has 3 N–H and O–H groups in total. The molecule has 12 heteroatoms. The van der Waals surface area contributed by atoms with Gasteiger partial charge in [-0.05, 0) is 30.3 Å². The molecular weight excluding hydrogens is 429 g/mol. The van der Waals surface area contributed by atoms with Crippen molar-refractivity contribution in [1.29, 1.82) is 0 Å². The molecule has 0 unspecified atom stereocenters. The number of rotatable bonds is 3. The summed E-state index contributed by atoms with van der Waals surface area (Å²) >= 11 is 5.80. The molecule has 0 aliphatic rings. The van der Waals surface area contributed by atoms with Crippen LogP contribution in [-0.4, -0.2) is 15.0 Å². The van der Waals surface area contributed by atoms with Crippen molar-refractivity contribution in [3.05, 3.63) is 67.5 Å². The Labute approximate surface area is 171 Å². The first-order valence-electron chi connectivity index (χ1n) is 8.25. The summed E-state index contributed by atoms with van der Waals surface area (Å²) < 4.78 is 46.8. The van der Waals surface area contributed by atoms with Crippen molar-refractivity contribution in [2.24, 2.45) is 14.1 Å². The number of nitrogens with zero attached hydrogens (tertiary/aromatic N) is 2. The van der Waals surface area contributed by atoms with Gasteiger partial charge in [-0.3, -0.25) is 18.7 Å². The minimum absolute atomic E-state index is 0.0434. The van der Waals surface area contributed by atoms with Gasteiger partial charge in [0, 0.05) is 24.7 Å². The first-order valence-corrected chi connectivity index (χ1v) is 8.63. The van der Waals surface area contributed by atoms with Gasteiger partial charge in [0.05, 0.1) is 5.56 Å². The van der Waals surface area contributed by atoms with E-state index >= 15 is 0 Å². The predicted molar refractivity (Wildman–Crippen MR) is 103 cm³/mol. The molecular formula is C18H14ClF3N4O4. The van der Waals surface area contributed by atoms with Crippen LogP contribution in [0.4, 0.5) is 24.7 Å². The third-order valence-electron chi connectivity index (χ3n) is 4.33. The molecule has 0 aliphatic carbocycles. The maximum Gasteiger partial charge on any atom is 0.417 e. The summed E-state index contributed by atoms with van der Waals surface area (Å²) in [5, 5.41) is 2.27. The van der Waals surface area contributed by atoms with Crippen molar-refractivity contribution in [2.75, 3.05) is 11.1 Å². The van der Waals surface area contributed by atoms with Crippen LogP contribution in [0.5, 0.6) is 0 Å². The Hall–Kier alpha value is -3.47. The fourth-order valence-corrected chi connectivity index (χ4v) is 2.90. The van der Waals surface area contributed by atoms with E-state index in [2.05, 4.69) is 5.32 Å². The summed E-state index contributed by atoms with van der Waals surface area (Å²) in [6, 6.07) is 5.25. The van der Waals surface area contributed by atoms with Gasteiger partial charge in [0.1, 0.15) is 17.3 Å². The lowest BCUT2D eigenvalue weighted by molar-refractivity contribution is -0.137. The van der Waals surface area contributed by atoms with Gasteiger partial charge >= 0.3 is 11.9 Å². The normalized spacial score (nSPS) is 11.5. The highest BCUT2D eigenvalue weighted by Gasteiger charge is 2.34. The SMILES string of the molecule is Cn1c(N)c(NC(=O)c2ccc(-c3cc(Cl)ccc3C(F)(F)F)o2)c(=O)n(C)c1=O. The minimum Gasteiger partial charge on any atom is -0.451 e. The number of furan rings is 1. The molecule has 0 bridgehead atoms. The highest BCUT2D eigenvalue weighted by atomic mass is 35.5. The van der Waals surface area contributed by atoms with E-state index in [4.69, 9.17) is 21.8 Å². The number of halogens is 4. The number of benzene rings is 1. The lowest BCUT2D eigenvalue weighted by atomic mass is 10.1.